The van der Waals surface area contributed by atoms with E-state index in [4.69, 9.17) is 16.3 Å². The molecule has 1 aliphatic rings. The van der Waals surface area contributed by atoms with E-state index in [1.54, 1.807) is 11.0 Å². The van der Waals surface area contributed by atoms with E-state index in [1.807, 2.05) is 26.2 Å². The molecule has 0 aromatic carbocycles. The van der Waals surface area contributed by atoms with Crippen LogP contribution < -0.4 is 5.32 Å². The zero-order valence-corrected chi connectivity index (χ0v) is 18.3. The van der Waals surface area contributed by atoms with E-state index in [2.05, 4.69) is 10.3 Å². The number of hydrogen-bond acceptors (Lipinski definition) is 7. The maximum Gasteiger partial charge on any atom is 0.410 e. The molecule has 0 atom stereocenters. The van der Waals surface area contributed by atoms with Crippen molar-refractivity contribution in [2.45, 2.75) is 45.6 Å². The van der Waals surface area contributed by atoms with Crippen LogP contribution in [0.3, 0.4) is 0 Å². The van der Waals surface area contributed by atoms with Gasteiger partial charge in [-0.05, 0) is 57.4 Å². The molecule has 10 heteroatoms. The molecule has 0 aliphatic carbocycles. The maximum atomic E-state index is 12.2. The number of nitrogens with one attached hydrogen (secondary N) is 1. The fourth-order valence-electron chi connectivity index (χ4n) is 3.41. The first kappa shape index (κ1) is 21.6. The van der Waals surface area contributed by atoms with E-state index in [0.29, 0.717) is 36.8 Å². The lowest BCUT2D eigenvalue weighted by Crippen LogP contribution is -2.41. The summed E-state index contributed by atoms with van der Waals surface area (Å²) in [6.45, 7) is 7.49. The minimum atomic E-state index is -0.495. The largest absolute Gasteiger partial charge is 0.444 e. The lowest BCUT2D eigenvalue weighted by atomic mass is 9.94. The van der Waals surface area contributed by atoms with Crippen LogP contribution in [-0.4, -0.2) is 46.1 Å². The summed E-state index contributed by atoms with van der Waals surface area (Å²) < 4.78 is 6.16. The summed E-state index contributed by atoms with van der Waals surface area (Å²) in [5.74, 6) is 0.441. The molecule has 8 nitrogen and oxygen atoms in total. The summed E-state index contributed by atoms with van der Waals surface area (Å²) in [5, 5.41) is 16.4. The summed E-state index contributed by atoms with van der Waals surface area (Å²) in [4.78, 5) is 29.0. The zero-order chi connectivity index (χ0) is 21.2. The van der Waals surface area contributed by atoms with Crippen LogP contribution >= 0.6 is 22.9 Å². The number of fused-ring (bicyclic) bond motifs is 1. The van der Waals surface area contributed by atoms with Gasteiger partial charge in [0.15, 0.2) is 0 Å². The molecular formula is C19H25ClN4O4S. The summed E-state index contributed by atoms with van der Waals surface area (Å²) >= 11 is 7.44. The number of aromatic nitrogens is 1. The second-order valence-corrected chi connectivity index (χ2v) is 9.42. The summed E-state index contributed by atoms with van der Waals surface area (Å²) in [7, 11) is 0. The smallest absolute Gasteiger partial charge is 0.410 e. The summed E-state index contributed by atoms with van der Waals surface area (Å²) in [6, 6.07) is 1.80. The van der Waals surface area contributed by atoms with Gasteiger partial charge in [-0.2, -0.15) is 0 Å². The average molecular weight is 441 g/mol. The van der Waals surface area contributed by atoms with Crippen LogP contribution in [0.2, 0.25) is 5.15 Å². The first-order valence-electron chi connectivity index (χ1n) is 9.58. The lowest BCUT2D eigenvalue weighted by molar-refractivity contribution is -0.384. The van der Waals surface area contributed by atoms with Crippen LogP contribution in [0.5, 0.6) is 0 Å². The number of thiophene rings is 1. The average Bonchev–Trinajstić information content (AvgIpc) is 3.08. The Hall–Kier alpha value is -2.13. The van der Waals surface area contributed by atoms with Gasteiger partial charge in [0.2, 0.25) is 5.15 Å². The van der Waals surface area contributed by atoms with Gasteiger partial charge in [0.25, 0.3) is 0 Å². The molecule has 1 saturated heterocycles. The molecule has 0 radical (unpaired) electrons. The van der Waals surface area contributed by atoms with E-state index in [9.17, 15) is 14.9 Å². The molecule has 0 unspecified atom stereocenters. The third kappa shape index (κ3) is 5.27. The monoisotopic (exact) mass is 440 g/mol. The molecule has 0 bridgehead atoms. The molecule has 3 heterocycles. The lowest BCUT2D eigenvalue weighted by Gasteiger charge is -2.33. The van der Waals surface area contributed by atoms with Crippen molar-refractivity contribution < 1.29 is 14.5 Å². The molecule has 1 N–H and O–H groups in total. The normalized spacial score (nSPS) is 15.5. The third-order valence-electron chi connectivity index (χ3n) is 4.83. The molecule has 0 saturated carbocycles. The number of amides is 1. The van der Waals surface area contributed by atoms with E-state index in [1.165, 1.54) is 11.3 Å². The number of nitrogens with zero attached hydrogens (tertiary/aromatic N) is 3. The Balaban J connectivity index is 1.57. The standard InChI is InChI=1S/C19H25ClN4O4S/c1-19(2,3)28-18(25)23-9-5-12(6-10-23)4-8-21-14-15(24(26)27)17(20)22-13-7-11-29-16(13)14/h7,11-12H,4-6,8-10H2,1-3H3,(H,21,22). The molecule has 29 heavy (non-hydrogen) atoms. The van der Waals surface area contributed by atoms with Crippen LogP contribution in [0.15, 0.2) is 11.4 Å². The minimum Gasteiger partial charge on any atom is -0.444 e. The second kappa shape index (κ2) is 8.71. The van der Waals surface area contributed by atoms with E-state index < -0.39 is 10.5 Å². The highest BCUT2D eigenvalue weighted by atomic mass is 35.5. The van der Waals surface area contributed by atoms with E-state index in [-0.39, 0.29) is 16.9 Å². The van der Waals surface area contributed by atoms with Crippen molar-refractivity contribution in [1.29, 1.82) is 0 Å². The Morgan fingerprint density at radius 2 is 2.14 bits per heavy atom. The quantitative estimate of drug-likeness (QED) is 0.384. The van der Waals surface area contributed by atoms with Crippen molar-refractivity contribution in [2.75, 3.05) is 25.0 Å². The highest BCUT2D eigenvalue weighted by Crippen LogP contribution is 2.40. The molecule has 1 amide bonds. The molecule has 1 fully saturated rings. The number of anilines is 1. The molecule has 2 aromatic heterocycles. The number of halogens is 1. The Kier molecular flexibility index (Phi) is 6.48. The zero-order valence-electron chi connectivity index (χ0n) is 16.7. The Morgan fingerprint density at radius 3 is 2.76 bits per heavy atom. The summed E-state index contributed by atoms with van der Waals surface area (Å²) in [5.41, 5.74) is 0.414. The topological polar surface area (TPSA) is 97.6 Å². The van der Waals surface area contributed by atoms with Crippen LogP contribution in [0.4, 0.5) is 16.2 Å². The molecule has 1 aliphatic heterocycles. The number of rotatable bonds is 5. The van der Waals surface area contributed by atoms with Gasteiger partial charge in [-0.1, -0.05) is 11.6 Å². The van der Waals surface area contributed by atoms with Crippen molar-refractivity contribution in [3.63, 3.8) is 0 Å². The van der Waals surface area contributed by atoms with Crippen molar-refractivity contribution in [2.24, 2.45) is 5.92 Å². The van der Waals surface area contributed by atoms with Gasteiger partial charge >= 0.3 is 11.8 Å². The Morgan fingerprint density at radius 1 is 1.45 bits per heavy atom. The van der Waals surface area contributed by atoms with Crippen molar-refractivity contribution in [1.82, 2.24) is 9.88 Å². The van der Waals surface area contributed by atoms with Crippen LogP contribution in [-0.2, 0) is 4.74 Å². The van der Waals surface area contributed by atoms with E-state index >= 15 is 0 Å². The molecular weight excluding hydrogens is 416 g/mol. The van der Waals surface area contributed by atoms with Gasteiger partial charge < -0.3 is 15.0 Å². The van der Waals surface area contributed by atoms with Crippen LogP contribution in [0.25, 0.3) is 10.2 Å². The van der Waals surface area contributed by atoms with Crippen LogP contribution in [0, 0.1) is 16.0 Å². The number of hydrogen-bond donors (Lipinski definition) is 1. The van der Waals surface area contributed by atoms with Crippen molar-refractivity contribution in [3.8, 4) is 0 Å². The van der Waals surface area contributed by atoms with Gasteiger partial charge in [-0.25, -0.2) is 9.78 Å². The van der Waals surface area contributed by atoms with E-state index in [0.717, 1.165) is 24.0 Å². The maximum absolute atomic E-state index is 12.2. The highest BCUT2D eigenvalue weighted by Gasteiger charge is 2.28. The Labute approximate surface area is 178 Å². The van der Waals surface area contributed by atoms with Gasteiger partial charge in [-0.15, -0.1) is 11.3 Å². The van der Waals surface area contributed by atoms with Gasteiger partial charge in [-0.3, -0.25) is 10.1 Å². The number of likely N-dealkylation sites (tertiary alicyclic amines) is 1. The third-order valence-corrected chi connectivity index (χ3v) is 6.01. The Bertz CT molecular complexity index is 903. The number of ether oxygens (including phenoxy) is 1. The molecule has 2 aromatic rings. The predicted octanol–water partition coefficient (Wildman–Crippen LogP) is 5.31. The number of carbonyl (C=O) groups excluding carboxylic acids is 1. The molecule has 0 spiro atoms. The van der Waals surface area contributed by atoms with Crippen LogP contribution in [0.1, 0.15) is 40.0 Å². The molecule has 3 rings (SSSR count). The van der Waals surface area contributed by atoms with Gasteiger partial charge in [0, 0.05) is 19.6 Å². The second-order valence-electron chi connectivity index (χ2n) is 8.14. The first-order chi connectivity index (χ1) is 13.7. The number of pyridine rings is 1. The minimum absolute atomic E-state index is 0.103. The fourth-order valence-corrected chi connectivity index (χ4v) is 4.52. The highest BCUT2D eigenvalue weighted by molar-refractivity contribution is 7.17. The first-order valence-corrected chi connectivity index (χ1v) is 10.8. The number of nitro groups is 1. The fraction of sp³-hybridized carbons (Fsp3) is 0.579. The van der Waals surface area contributed by atoms with Crippen molar-refractivity contribution >= 4 is 50.6 Å². The van der Waals surface area contributed by atoms with Crippen molar-refractivity contribution in [3.05, 3.63) is 26.7 Å². The predicted molar refractivity (Wildman–Crippen MR) is 115 cm³/mol. The summed E-state index contributed by atoms with van der Waals surface area (Å²) in [6.07, 6.45) is 2.35. The number of carbonyl (C=O) groups is 1. The number of piperidine rings is 1. The van der Waals surface area contributed by atoms with Gasteiger partial charge in [0.1, 0.15) is 11.3 Å². The van der Waals surface area contributed by atoms with Gasteiger partial charge in [0.05, 0.1) is 15.1 Å². The SMILES string of the molecule is CC(C)(C)OC(=O)N1CCC(CCNc2c([N+](=O)[O-])c(Cl)nc3ccsc23)CC1. The molecule has 158 valence electrons.